The van der Waals surface area contributed by atoms with Crippen LogP contribution in [-0.4, -0.2) is 17.3 Å². The summed E-state index contributed by atoms with van der Waals surface area (Å²) < 4.78 is 0. The highest BCUT2D eigenvalue weighted by molar-refractivity contribution is 5.83. The van der Waals surface area contributed by atoms with Gasteiger partial charge in [-0.25, -0.2) is 0 Å². The molecule has 0 saturated heterocycles. The Bertz CT molecular complexity index is 481. The fourth-order valence-corrected chi connectivity index (χ4v) is 2.59. The fourth-order valence-electron chi connectivity index (χ4n) is 2.59. The van der Waals surface area contributed by atoms with E-state index in [0.717, 1.165) is 18.4 Å². The Morgan fingerprint density at radius 2 is 2.11 bits per heavy atom. The zero-order valence-corrected chi connectivity index (χ0v) is 10.7. The van der Waals surface area contributed by atoms with E-state index in [0.29, 0.717) is 6.42 Å². The predicted molar refractivity (Wildman–Crippen MR) is 73.2 cm³/mol. The number of hydrogen-bond donors (Lipinski definition) is 0. The van der Waals surface area contributed by atoms with Crippen molar-refractivity contribution in [2.75, 3.05) is 6.54 Å². The summed E-state index contributed by atoms with van der Waals surface area (Å²) in [5.41, 5.74) is 1.00. The molecular formula is C15H17NO3. The van der Waals surface area contributed by atoms with E-state index in [-0.39, 0.29) is 29.1 Å². The summed E-state index contributed by atoms with van der Waals surface area (Å²) in [7, 11) is 0. The quantitative estimate of drug-likeness (QED) is 0.603. The molecular weight excluding hydrogens is 242 g/mol. The summed E-state index contributed by atoms with van der Waals surface area (Å²) in [6.07, 6.45) is 5.90. The van der Waals surface area contributed by atoms with Gasteiger partial charge in [0.25, 0.3) is 0 Å². The number of benzene rings is 1. The topological polar surface area (TPSA) is 60.2 Å². The standard InChI is InChI=1S/C15H17NO3/c17-15-8-4-7-14(15)13(11-16(18)19)10-9-12-5-2-1-3-6-12/h1-3,5-6,9-10,13-14H,4,7-8,11H2/b10-9+. The lowest BCUT2D eigenvalue weighted by molar-refractivity contribution is -0.487. The van der Waals surface area contributed by atoms with Gasteiger partial charge >= 0.3 is 0 Å². The van der Waals surface area contributed by atoms with E-state index >= 15 is 0 Å². The Morgan fingerprint density at radius 1 is 1.37 bits per heavy atom. The number of nitrogens with zero attached hydrogens (tertiary/aromatic N) is 1. The molecule has 0 bridgehead atoms. The van der Waals surface area contributed by atoms with Gasteiger partial charge in [0.1, 0.15) is 5.78 Å². The fraction of sp³-hybridized carbons (Fsp3) is 0.400. The number of rotatable bonds is 5. The van der Waals surface area contributed by atoms with Crippen molar-refractivity contribution in [3.63, 3.8) is 0 Å². The molecule has 1 aliphatic carbocycles. The zero-order valence-electron chi connectivity index (χ0n) is 10.7. The first kappa shape index (κ1) is 13.5. The number of carbonyl (C=O) groups excluding carboxylic acids is 1. The Hall–Kier alpha value is -1.97. The molecule has 1 aliphatic rings. The van der Waals surface area contributed by atoms with Crippen molar-refractivity contribution in [3.05, 3.63) is 52.1 Å². The maximum atomic E-state index is 11.8. The Labute approximate surface area is 112 Å². The number of hydrogen-bond acceptors (Lipinski definition) is 3. The number of carbonyl (C=O) groups is 1. The second kappa shape index (κ2) is 6.27. The highest BCUT2D eigenvalue weighted by atomic mass is 16.6. The van der Waals surface area contributed by atoms with Crippen LogP contribution in [0.2, 0.25) is 0 Å². The van der Waals surface area contributed by atoms with Gasteiger partial charge in [0, 0.05) is 17.3 Å². The lowest BCUT2D eigenvalue weighted by Crippen LogP contribution is -2.24. The van der Waals surface area contributed by atoms with E-state index in [1.807, 2.05) is 42.5 Å². The molecule has 0 amide bonds. The predicted octanol–water partition coefficient (Wildman–Crippen LogP) is 2.96. The van der Waals surface area contributed by atoms with Crippen molar-refractivity contribution in [2.24, 2.45) is 11.8 Å². The molecule has 0 aliphatic heterocycles. The van der Waals surface area contributed by atoms with Crippen LogP contribution in [0, 0.1) is 22.0 Å². The molecule has 19 heavy (non-hydrogen) atoms. The van der Waals surface area contributed by atoms with Crippen LogP contribution >= 0.6 is 0 Å². The highest BCUT2D eigenvalue weighted by Crippen LogP contribution is 2.29. The summed E-state index contributed by atoms with van der Waals surface area (Å²) in [5.74, 6) is -0.292. The largest absolute Gasteiger partial charge is 0.299 e. The molecule has 1 fully saturated rings. The molecule has 0 heterocycles. The van der Waals surface area contributed by atoms with Gasteiger partial charge in [0.15, 0.2) is 0 Å². The molecule has 4 heteroatoms. The van der Waals surface area contributed by atoms with Crippen LogP contribution in [0.4, 0.5) is 0 Å². The summed E-state index contributed by atoms with van der Waals surface area (Å²) in [6.45, 7) is -0.167. The molecule has 4 nitrogen and oxygen atoms in total. The molecule has 100 valence electrons. The third kappa shape index (κ3) is 3.74. The van der Waals surface area contributed by atoms with Crippen molar-refractivity contribution < 1.29 is 9.72 Å². The van der Waals surface area contributed by atoms with E-state index < -0.39 is 0 Å². The first-order chi connectivity index (χ1) is 9.16. The van der Waals surface area contributed by atoms with Gasteiger partial charge in [-0.2, -0.15) is 0 Å². The number of ketones is 1. The Morgan fingerprint density at radius 3 is 2.68 bits per heavy atom. The third-order valence-electron chi connectivity index (χ3n) is 3.56. The molecule has 1 aromatic rings. The molecule has 0 radical (unpaired) electrons. The smallest absolute Gasteiger partial charge is 0.210 e. The first-order valence-electron chi connectivity index (χ1n) is 6.54. The first-order valence-corrected chi connectivity index (χ1v) is 6.54. The van der Waals surface area contributed by atoms with Crippen LogP contribution in [-0.2, 0) is 4.79 Å². The van der Waals surface area contributed by atoms with Crippen LogP contribution < -0.4 is 0 Å². The van der Waals surface area contributed by atoms with Gasteiger partial charge in [0.05, 0.1) is 5.92 Å². The van der Waals surface area contributed by atoms with Crippen molar-refractivity contribution >= 4 is 11.9 Å². The minimum atomic E-state index is -0.328. The van der Waals surface area contributed by atoms with Crippen LogP contribution in [0.25, 0.3) is 6.08 Å². The van der Waals surface area contributed by atoms with Gasteiger partial charge in [-0.05, 0) is 18.4 Å². The summed E-state index contributed by atoms with van der Waals surface area (Å²) >= 11 is 0. The molecule has 2 rings (SSSR count). The summed E-state index contributed by atoms with van der Waals surface area (Å²) in [6, 6.07) is 9.64. The van der Waals surface area contributed by atoms with Gasteiger partial charge < -0.3 is 0 Å². The number of Topliss-reactive ketones (excluding diaryl/α,β-unsaturated/α-hetero) is 1. The molecule has 0 aromatic heterocycles. The third-order valence-corrected chi connectivity index (χ3v) is 3.56. The van der Waals surface area contributed by atoms with E-state index in [2.05, 4.69) is 0 Å². The van der Waals surface area contributed by atoms with Crippen molar-refractivity contribution in [3.8, 4) is 0 Å². The molecule has 0 spiro atoms. The molecule has 0 N–H and O–H groups in total. The van der Waals surface area contributed by atoms with E-state index in [1.165, 1.54) is 0 Å². The minimum Gasteiger partial charge on any atom is -0.299 e. The average molecular weight is 259 g/mol. The van der Waals surface area contributed by atoms with Crippen LogP contribution in [0.3, 0.4) is 0 Å². The Kier molecular flexibility index (Phi) is 4.44. The highest BCUT2D eigenvalue weighted by Gasteiger charge is 2.33. The molecule has 1 saturated carbocycles. The molecule has 1 aromatic carbocycles. The van der Waals surface area contributed by atoms with Crippen LogP contribution in [0.15, 0.2) is 36.4 Å². The summed E-state index contributed by atoms with van der Waals surface area (Å²) in [5, 5.41) is 10.7. The maximum Gasteiger partial charge on any atom is 0.210 e. The second-order valence-electron chi connectivity index (χ2n) is 4.91. The van der Waals surface area contributed by atoms with Crippen LogP contribution in [0.5, 0.6) is 0 Å². The van der Waals surface area contributed by atoms with Crippen LogP contribution in [0.1, 0.15) is 24.8 Å². The van der Waals surface area contributed by atoms with Gasteiger partial charge in [-0.1, -0.05) is 42.5 Å². The average Bonchev–Trinajstić information content (AvgIpc) is 2.81. The summed E-state index contributed by atoms with van der Waals surface area (Å²) in [4.78, 5) is 22.2. The van der Waals surface area contributed by atoms with Crippen molar-refractivity contribution in [2.45, 2.75) is 19.3 Å². The minimum absolute atomic E-state index is 0.167. The lowest BCUT2D eigenvalue weighted by atomic mass is 9.89. The number of nitro groups is 1. The van der Waals surface area contributed by atoms with E-state index in [9.17, 15) is 14.9 Å². The van der Waals surface area contributed by atoms with Crippen molar-refractivity contribution in [1.29, 1.82) is 0 Å². The van der Waals surface area contributed by atoms with Gasteiger partial charge in [-0.3, -0.25) is 14.9 Å². The Balaban J connectivity index is 2.11. The lowest BCUT2D eigenvalue weighted by Gasteiger charge is -2.14. The monoisotopic (exact) mass is 259 g/mol. The normalized spacial score (nSPS) is 20.8. The van der Waals surface area contributed by atoms with Crippen molar-refractivity contribution in [1.82, 2.24) is 0 Å². The zero-order chi connectivity index (χ0) is 13.7. The SMILES string of the molecule is O=C1CCCC1C(/C=C/c1ccccc1)C[N+](=O)[O-]. The molecule has 2 unspecified atom stereocenters. The molecule has 2 atom stereocenters. The second-order valence-corrected chi connectivity index (χ2v) is 4.91. The van der Waals surface area contributed by atoms with E-state index in [1.54, 1.807) is 0 Å². The maximum absolute atomic E-state index is 11.8. The van der Waals surface area contributed by atoms with Gasteiger partial charge in [-0.15, -0.1) is 0 Å². The van der Waals surface area contributed by atoms with Gasteiger partial charge in [0.2, 0.25) is 6.54 Å². The van der Waals surface area contributed by atoms with E-state index in [4.69, 9.17) is 0 Å².